The lowest BCUT2D eigenvalue weighted by Gasteiger charge is -2.14. The van der Waals surface area contributed by atoms with E-state index < -0.39 is 17.8 Å². The van der Waals surface area contributed by atoms with E-state index in [1.54, 1.807) is 11.9 Å². The zero-order valence-electron chi connectivity index (χ0n) is 16.7. The van der Waals surface area contributed by atoms with Crippen molar-refractivity contribution in [2.45, 2.75) is 38.8 Å². The zero-order valence-corrected chi connectivity index (χ0v) is 17.5. The van der Waals surface area contributed by atoms with Gasteiger partial charge in [0.05, 0.1) is 31.0 Å². The fourth-order valence-corrected chi connectivity index (χ4v) is 3.04. The highest BCUT2D eigenvalue weighted by molar-refractivity contribution is 7.80. The molecule has 0 saturated carbocycles. The average Bonchev–Trinajstić information content (AvgIpc) is 3.27. The Morgan fingerprint density at radius 1 is 1.42 bits per heavy atom. The van der Waals surface area contributed by atoms with E-state index in [1.807, 2.05) is 6.92 Å². The Kier molecular flexibility index (Phi) is 7.00. The van der Waals surface area contributed by atoms with Crippen molar-refractivity contribution >= 4 is 29.2 Å². The van der Waals surface area contributed by atoms with E-state index in [0.29, 0.717) is 18.3 Å². The summed E-state index contributed by atoms with van der Waals surface area (Å²) < 4.78 is 51.6. The van der Waals surface area contributed by atoms with E-state index in [-0.39, 0.29) is 36.5 Å². The number of rotatable bonds is 8. The van der Waals surface area contributed by atoms with E-state index in [4.69, 9.17) is 21.7 Å². The van der Waals surface area contributed by atoms with Crippen molar-refractivity contribution in [2.24, 2.45) is 0 Å². The van der Waals surface area contributed by atoms with Crippen molar-refractivity contribution in [2.75, 3.05) is 25.5 Å². The number of amides is 1. The predicted molar refractivity (Wildman–Crippen MR) is 105 cm³/mol. The van der Waals surface area contributed by atoms with Gasteiger partial charge in [-0.15, -0.1) is 0 Å². The molecular formula is C17H20F3N7O3S. The molecule has 1 atom stereocenters. The summed E-state index contributed by atoms with van der Waals surface area (Å²) in [6, 6.07) is 1.79. The van der Waals surface area contributed by atoms with Gasteiger partial charge in [0.2, 0.25) is 5.95 Å². The van der Waals surface area contributed by atoms with Gasteiger partial charge in [-0.25, -0.2) is 9.67 Å². The first-order chi connectivity index (χ1) is 14.7. The Morgan fingerprint density at radius 3 is 2.84 bits per heavy atom. The van der Waals surface area contributed by atoms with Crippen molar-refractivity contribution in [3.63, 3.8) is 0 Å². The summed E-state index contributed by atoms with van der Waals surface area (Å²) in [4.78, 5) is 18.0. The number of anilines is 1. The highest BCUT2D eigenvalue weighted by Gasteiger charge is 2.34. The van der Waals surface area contributed by atoms with Gasteiger partial charge in [0, 0.05) is 13.6 Å². The van der Waals surface area contributed by atoms with Crippen LogP contribution in [-0.2, 0) is 28.8 Å². The van der Waals surface area contributed by atoms with Crippen molar-refractivity contribution in [1.29, 1.82) is 0 Å². The summed E-state index contributed by atoms with van der Waals surface area (Å²) in [6.45, 7) is 2.59. The number of aryl methyl sites for hydroxylation is 1. The van der Waals surface area contributed by atoms with Crippen LogP contribution in [0.2, 0.25) is 0 Å². The number of ether oxygens (including phenoxy) is 2. The van der Waals surface area contributed by atoms with Crippen molar-refractivity contribution in [3.05, 3.63) is 29.1 Å². The molecule has 1 fully saturated rings. The molecule has 2 aromatic heterocycles. The van der Waals surface area contributed by atoms with Gasteiger partial charge in [-0.1, -0.05) is 12.0 Å². The van der Waals surface area contributed by atoms with E-state index in [2.05, 4.69) is 25.8 Å². The van der Waals surface area contributed by atoms with E-state index in [9.17, 15) is 18.0 Å². The van der Waals surface area contributed by atoms with Gasteiger partial charge in [-0.05, 0) is 41.2 Å². The third-order valence-electron chi connectivity index (χ3n) is 4.30. The van der Waals surface area contributed by atoms with Gasteiger partial charge >= 0.3 is 6.18 Å². The summed E-state index contributed by atoms with van der Waals surface area (Å²) in [5.74, 6) is -0.625. The van der Waals surface area contributed by atoms with Gasteiger partial charge < -0.3 is 14.4 Å². The van der Waals surface area contributed by atoms with Crippen LogP contribution >= 0.6 is 12.2 Å². The molecule has 14 heteroatoms. The highest BCUT2D eigenvalue weighted by Crippen LogP contribution is 2.28. The smallest absolute Gasteiger partial charge is 0.433 e. The number of nitrogens with zero attached hydrogens (tertiary/aromatic N) is 6. The SMILES string of the molecule is CCCn1nnnc1NC(=O)c1ccc(C(F)(F)F)nc1COCC1CN(C)C(=S)O1. The van der Waals surface area contributed by atoms with E-state index in [1.165, 1.54) is 4.68 Å². The molecule has 10 nitrogen and oxygen atoms in total. The summed E-state index contributed by atoms with van der Waals surface area (Å²) in [7, 11) is 1.76. The fraction of sp³-hybridized carbons (Fsp3) is 0.529. The van der Waals surface area contributed by atoms with Crippen LogP contribution in [0.15, 0.2) is 12.1 Å². The molecule has 2 aromatic rings. The van der Waals surface area contributed by atoms with Gasteiger partial charge in [-0.3, -0.25) is 10.1 Å². The molecule has 3 rings (SSSR count). The number of alkyl halides is 3. The van der Waals surface area contributed by atoms with Gasteiger partial charge in [0.15, 0.2) is 0 Å². The lowest BCUT2D eigenvalue weighted by molar-refractivity contribution is -0.141. The maximum atomic E-state index is 13.1. The van der Waals surface area contributed by atoms with Crippen LogP contribution in [0, 0.1) is 0 Å². The number of halogens is 3. The molecule has 1 aliphatic heterocycles. The standard InChI is InChI=1S/C17H20F3N7O3S/c1-3-6-27-15(23-24-25-27)22-14(28)11-4-5-13(17(18,19)20)21-12(11)9-29-8-10-7-26(2)16(31)30-10/h4-5,10H,3,6-9H2,1-2H3,(H,22,23,25,28). The monoisotopic (exact) mass is 459 g/mol. The summed E-state index contributed by atoms with van der Waals surface area (Å²) in [5, 5.41) is 13.8. The van der Waals surface area contributed by atoms with Crippen molar-refractivity contribution in [3.8, 4) is 0 Å². The number of hydrogen-bond acceptors (Lipinski definition) is 8. The molecule has 0 radical (unpaired) electrons. The molecular weight excluding hydrogens is 439 g/mol. The Morgan fingerprint density at radius 2 is 2.19 bits per heavy atom. The maximum absolute atomic E-state index is 13.1. The maximum Gasteiger partial charge on any atom is 0.433 e. The number of carbonyl (C=O) groups excluding carboxylic acids is 1. The third kappa shape index (κ3) is 5.64. The third-order valence-corrected chi connectivity index (χ3v) is 4.71. The largest absolute Gasteiger partial charge is 0.463 e. The molecule has 0 bridgehead atoms. The van der Waals surface area contributed by atoms with E-state index >= 15 is 0 Å². The summed E-state index contributed by atoms with van der Waals surface area (Å²) in [6.07, 6.45) is -4.31. The molecule has 31 heavy (non-hydrogen) atoms. The van der Waals surface area contributed by atoms with Crippen LogP contribution in [-0.4, -0.2) is 67.5 Å². The second-order valence-electron chi connectivity index (χ2n) is 6.77. The van der Waals surface area contributed by atoms with Gasteiger partial charge in [-0.2, -0.15) is 13.2 Å². The van der Waals surface area contributed by atoms with Crippen molar-refractivity contribution < 1.29 is 27.4 Å². The number of thiocarbonyl (C=S) groups is 1. The summed E-state index contributed by atoms with van der Waals surface area (Å²) in [5.41, 5.74) is -1.38. The number of pyridine rings is 1. The Balaban J connectivity index is 1.76. The van der Waals surface area contributed by atoms with Crippen LogP contribution < -0.4 is 5.32 Å². The molecule has 168 valence electrons. The molecule has 0 aromatic carbocycles. The Labute approximate surface area is 180 Å². The first-order valence-corrected chi connectivity index (χ1v) is 9.74. The number of carbonyl (C=O) groups is 1. The Bertz CT molecular complexity index is 953. The fourth-order valence-electron chi connectivity index (χ4n) is 2.83. The number of tetrazole rings is 1. The van der Waals surface area contributed by atoms with Crippen molar-refractivity contribution in [1.82, 2.24) is 30.1 Å². The number of likely N-dealkylation sites (N-methyl/N-ethyl adjacent to an activating group) is 1. The number of nitrogens with one attached hydrogen (secondary N) is 1. The summed E-state index contributed by atoms with van der Waals surface area (Å²) >= 11 is 5.00. The molecule has 1 amide bonds. The normalized spacial score (nSPS) is 16.5. The quantitative estimate of drug-likeness (QED) is 0.592. The minimum Gasteiger partial charge on any atom is -0.463 e. The molecule has 1 aliphatic rings. The van der Waals surface area contributed by atoms with Gasteiger partial charge in [0.1, 0.15) is 11.8 Å². The predicted octanol–water partition coefficient (Wildman–Crippen LogP) is 1.88. The lowest BCUT2D eigenvalue weighted by atomic mass is 10.1. The number of hydrogen-bond donors (Lipinski definition) is 1. The first kappa shape index (κ1) is 22.8. The average molecular weight is 459 g/mol. The molecule has 1 N–H and O–H groups in total. The molecule has 1 unspecified atom stereocenters. The molecule has 1 saturated heterocycles. The van der Waals surface area contributed by atoms with Crippen LogP contribution in [0.4, 0.5) is 19.1 Å². The van der Waals surface area contributed by atoms with Crippen LogP contribution in [0.3, 0.4) is 0 Å². The topological polar surface area (TPSA) is 107 Å². The van der Waals surface area contributed by atoms with Gasteiger partial charge in [0.25, 0.3) is 11.1 Å². The van der Waals surface area contributed by atoms with Crippen LogP contribution in [0.25, 0.3) is 0 Å². The van der Waals surface area contributed by atoms with E-state index in [0.717, 1.165) is 18.6 Å². The minimum absolute atomic E-state index is 0.0677. The lowest BCUT2D eigenvalue weighted by Crippen LogP contribution is -2.23. The zero-order chi connectivity index (χ0) is 22.6. The molecule has 0 aliphatic carbocycles. The minimum atomic E-state index is -4.67. The second-order valence-corrected chi connectivity index (χ2v) is 7.12. The molecule has 0 spiro atoms. The number of aromatic nitrogens is 5. The Hall–Kier alpha value is -2.87. The second kappa shape index (κ2) is 9.51. The first-order valence-electron chi connectivity index (χ1n) is 9.33. The molecule has 3 heterocycles. The van der Waals surface area contributed by atoms with Crippen LogP contribution in [0.1, 0.15) is 35.1 Å². The van der Waals surface area contributed by atoms with Crippen LogP contribution in [0.5, 0.6) is 0 Å². The highest BCUT2D eigenvalue weighted by atomic mass is 32.1.